The fourth-order valence-corrected chi connectivity index (χ4v) is 3.55. The van der Waals surface area contributed by atoms with Gasteiger partial charge in [0.15, 0.2) is 0 Å². The summed E-state index contributed by atoms with van der Waals surface area (Å²) >= 11 is 1.27. The topological polar surface area (TPSA) is 72.2 Å². The van der Waals surface area contributed by atoms with Crippen LogP contribution in [0.1, 0.15) is 28.9 Å². The van der Waals surface area contributed by atoms with E-state index in [9.17, 15) is 9.59 Å². The molecule has 1 atom stereocenters. The first-order valence-corrected chi connectivity index (χ1v) is 9.33. The highest BCUT2D eigenvalue weighted by Crippen LogP contribution is 2.24. The molecular formula is C21H20N2O2S. The molecule has 0 heterocycles. The largest absolute Gasteiger partial charge is 0.369 e. The maximum absolute atomic E-state index is 12.7. The molecule has 0 aliphatic heterocycles. The van der Waals surface area contributed by atoms with Crippen molar-refractivity contribution in [3.8, 4) is 0 Å². The molecule has 1 unspecified atom stereocenters. The third-order valence-electron chi connectivity index (χ3n) is 4.12. The molecular weight excluding hydrogens is 344 g/mol. The van der Waals surface area contributed by atoms with Gasteiger partial charge in [0.05, 0.1) is 17.4 Å². The Balaban J connectivity index is 1.77. The summed E-state index contributed by atoms with van der Waals surface area (Å²) in [6, 6.07) is 21.4. The predicted octanol–water partition coefficient (Wildman–Crippen LogP) is 3.91. The van der Waals surface area contributed by atoms with Gasteiger partial charge in [-0.2, -0.15) is 0 Å². The summed E-state index contributed by atoms with van der Waals surface area (Å²) in [4.78, 5) is 24.5. The number of benzene rings is 3. The second-order valence-electron chi connectivity index (χ2n) is 6.05. The Labute approximate surface area is 156 Å². The Morgan fingerprint density at radius 3 is 2.46 bits per heavy atom. The van der Waals surface area contributed by atoms with Gasteiger partial charge in [0.2, 0.25) is 5.91 Å². The van der Waals surface area contributed by atoms with Crippen LogP contribution in [0.5, 0.6) is 0 Å². The van der Waals surface area contributed by atoms with Gasteiger partial charge in [0.25, 0.3) is 5.91 Å². The Bertz CT molecular complexity index is 955. The lowest BCUT2D eigenvalue weighted by Gasteiger charge is -2.16. The second-order valence-corrected chi connectivity index (χ2v) is 7.07. The van der Waals surface area contributed by atoms with E-state index in [0.29, 0.717) is 5.56 Å². The SMILES string of the molecule is CC(NC(=O)c1ccccc1SCC(N)=O)c1ccc2ccccc2c1. The van der Waals surface area contributed by atoms with E-state index in [-0.39, 0.29) is 17.7 Å². The smallest absolute Gasteiger partial charge is 0.252 e. The number of hydrogen-bond donors (Lipinski definition) is 2. The third kappa shape index (κ3) is 4.24. The van der Waals surface area contributed by atoms with Crippen LogP contribution in [-0.4, -0.2) is 17.6 Å². The summed E-state index contributed by atoms with van der Waals surface area (Å²) in [5.74, 6) is -0.433. The molecule has 3 aromatic rings. The van der Waals surface area contributed by atoms with Gasteiger partial charge in [0, 0.05) is 4.90 Å². The number of primary amides is 1. The van der Waals surface area contributed by atoms with Gasteiger partial charge in [0.1, 0.15) is 0 Å². The van der Waals surface area contributed by atoms with E-state index in [1.54, 1.807) is 6.07 Å². The Kier molecular flexibility index (Phi) is 5.58. The van der Waals surface area contributed by atoms with Crippen molar-refractivity contribution < 1.29 is 9.59 Å². The number of fused-ring (bicyclic) bond motifs is 1. The lowest BCUT2D eigenvalue weighted by molar-refractivity contribution is -0.115. The number of hydrogen-bond acceptors (Lipinski definition) is 3. The van der Waals surface area contributed by atoms with Crippen molar-refractivity contribution in [3.63, 3.8) is 0 Å². The molecule has 0 bridgehead atoms. The van der Waals surface area contributed by atoms with Crippen LogP contribution in [0.15, 0.2) is 71.6 Å². The van der Waals surface area contributed by atoms with Gasteiger partial charge in [-0.05, 0) is 41.5 Å². The van der Waals surface area contributed by atoms with Crippen LogP contribution in [0.4, 0.5) is 0 Å². The molecule has 4 nitrogen and oxygen atoms in total. The molecule has 26 heavy (non-hydrogen) atoms. The van der Waals surface area contributed by atoms with Crippen molar-refractivity contribution in [1.82, 2.24) is 5.32 Å². The van der Waals surface area contributed by atoms with Gasteiger partial charge < -0.3 is 11.1 Å². The average molecular weight is 364 g/mol. The molecule has 0 radical (unpaired) electrons. The number of nitrogens with two attached hydrogens (primary N) is 1. The molecule has 5 heteroatoms. The van der Waals surface area contributed by atoms with Crippen LogP contribution in [0.2, 0.25) is 0 Å². The number of amides is 2. The van der Waals surface area contributed by atoms with E-state index in [0.717, 1.165) is 15.8 Å². The van der Waals surface area contributed by atoms with Crippen molar-refractivity contribution in [2.45, 2.75) is 17.9 Å². The van der Waals surface area contributed by atoms with Crippen LogP contribution in [0.3, 0.4) is 0 Å². The van der Waals surface area contributed by atoms with E-state index in [1.165, 1.54) is 17.1 Å². The molecule has 0 saturated heterocycles. The Morgan fingerprint density at radius 1 is 1.00 bits per heavy atom. The summed E-state index contributed by atoms with van der Waals surface area (Å²) in [6.45, 7) is 1.96. The number of thioether (sulfide) groups is 1. The molecule has 2 amide bonds. The van der Waals surface area contributed by atoms with Crippen LogP contribution >= 0.6 is 11.8 Å². The average Bonchev–Trinajstić information content (AvgIpc) is 2.66. The van der Waals surface area contributed by atoms with Gasteiger partial charge in [-0.1, -0.05) is 48.5 Å². The zero-order valence-electron chi connectivity index (χ0n) is 14.4. The number of nitrogens with one attached hydrogen (secondary N) is 1. The normalized spacial score (nSPS) is 11.9. The minimum absolute atomic E-state index is 0.138. The van der Waals surface area contributed by atoms with Gasteiger partial charge in [-0.3, -0.25) is 9.59 Å². The number of carbonyl (C=O) groups is 2. The van der Waals surface area contributed by atoms with Crippen LogP contribution in [-0.2, 0) is 4.79 Å². The highest BCUT2D eigenvalue weighted by molar-refractivity contribution is 8.00. The zero-order chi connectivity index (χ0) is 18.5. The first-order chi connectivity index (χ1) is 12.5. The molecule has 0 aromatic heterocycles. The van der Waals surface area contributed by atoms with Crippen molar-refractivity contribution in [2.24, 2.45) is 5.73 Å². The maximum atomic E-state index is 12.7. The molecule has 3 aromatic carbocycles. The summed E-state index contributed by atoms with van der Waals surface area (Å²) in [7, 11) is 0. The van der Waals surface area contributed by atoms with E-state index < -0.39 is 5.91 Å². The van der Waals surface area contributed by atoms with Crippen LogP contribution < -0.4 is 11.1 Å². The van der Waals surface area contributed by atoms with E-state index >= 15 is 0 Å². The molecule has 0 aliphatic carbocycles. The molecule has 0 aliphatic rings. The number of carbonyl (C=O) groups excluding carboxylic acids is 2. The minimum atomic E-state index is -0.408. The van der Waals surface area contributed by atoms with Crippen molar-refractivity contribution >= 4 is 34.3 Å². The quantitative estimate of drug-likeness (QED) is 0.652. The highest BCUT2D eigenvalue weighted by Gasteiger charge is 2.15. The fraction of sp³-hybridized carbons (Fsp3) is 0.143. The van der Waals surface area contributed by atoms with Crippen molar-refractivity contribution in [2.75, 3.05) is 5.75 Å². The molecule has 3 rings (SSSR count). The summed E-state index contributed by atoms with van der Waals surface area (Å²) in [5.41, 5.74) is 6.80. The Hall–Kier alpha value is -2.79. The molecule has 3 N–H and O–H groups in total. The van der Waals surface area contributed by atoms with Gasteiger partial charge in [-0.25, -0.2) is 0 Å². The number of rotatable bonds is 6. The Morgan fingerprint density at radius 2 is 1.69 bits per heavy atom. The molecule has 0 spiro atoms. The highest BCUT2D eigenvalue weighted by atomic mass is 32.2. The van der Waals surface area contributed by atoms with Gasteiger partial charge >= 0.3 is 0 Å². The maximum Gasteiger partial charge on any atom is 0.252 e. The second kappa shape index (κ2) is 8.06. The van der Waals surface area contributed by atoms with Gasteiger partial charge in [-0.15, -0.1) is 11.8 Å². The van der Waals surface area contributed by atoms with Crippen LogP contribution in [0, 0.1) is 0 Å². The van der Waals surface area contributed by atoms with E-state index in [4.69, 9.17) is 5.73 Å². The lowest BCUT2D eigenvalue weighted by atomic mass is 10.0. The summed E-state index contributed by atoms with van der Waals surface area (Å²) < 4.78 is 0. The molecule has 0 saturated carbocycles. The first kappa shape index (κ1) is 18.0. The van der Waals surface area contributed by atoms with Crippen molar-refractivity contribution in [3.05, 3.63) is 77.9 Å². The third-order valence-corrected chi connectivity index (χ3v) is 5.22. The minimum Gasteiger partial charge on any atom is -0.369 e. The zero-order valence-corrected chi connectivity index (χ0v) is 15.3. The predicted molar refractivity (Wildman–Crippen MR) is 106 cm³/mol. The first-order valence-electron chi connectivity index (χ1n) is 8.34. The van der Waals surface area contributed by atoms with E-state index in [1.807, 2.05) is 43.3 Å². The lowest BCUT2D eigenvalue weighted by Crippen LogP contribution is -2.27. The fourth-order valence-electron chi connectivity index (χ4n) is 2.76. The standard InChI is InChI=1S/C21H20N2O2S/c1-14(16-11-10-15-6-2-3-7-17(15)12-16)23-21(25)18-8-4-5-9-19(18)26-13-20(22)24/h2-12,14H,13H2,1H3,(H2,22,24)(H,23,25). The van der Waals surface area contributed by atoms with Crippen molar-refractivity contribution in [1.29, 1.82) is 0 Å². The summed E-state index contributed by atoms with van der Waals surface area (Å²) in [5, 5.41) is 5.35. The van der Waals surface area contributed by atoms with E-state index in [2.05, 4.69) is 29.6 Å². The van der Waals surface area contributed by atoms with Crippen LogP contribution in [0.25, 0.3) is 10.8 Å². The summed E-state index contributed by atoms with van der Waals surface area (Å²) in [6.07, 6.45) is 0. The monoisotopic (exact) mass is 364 g/mol. The molecule has 0 fully saturated rings. The molecule has 132 valence electrons.